The summed E-state index contributed by atoms with van der Waals surface area (Å²) in [7, 11) is 0. The van der Waals surface area contributed by atoms with Gasteiger partial charge >= 0.3 is 11.9 Å². The van der Waals surface area contributed by atoms with Gasteiger partial charge in [-0.2, -0.15) is 0 Å². The van der Waals surface area contributed by atoms with E-state index in [0.717, 1.165) is 61.7 Å². The number of carboxylic acid groups (broad SMARTS) is 1. The van der Waals surface area contributed by atoms with E-state index >= 15 is 0 Å². The second-order valence-electron chi connectivity index (χ2n) is 11.7. The van der Waals surface area contributed by atoms with Crippen LogP contribution in [0.3, 0.4) is 0 Å². The second kappa shape index (κ2) is 11.2. The van der Waals surface area contributed by atoms with Gasteiger partial charge in [0.05, 0.1) is 36.1 Å². The van der Waals surface area contributed by atoms with Crippen LogP contribution in [0.1, 0.15) is 65.4 Å². The van der Waals surface area contributed by atoms with Crippen molar-refractivity contribution >= 4 is 17.6 Å². The molecule has 230 valence electrons. The first kappa shape index (κ1) is 28.8. The highest BCUT2D eigenvalue weighted by Crippen LogP contribution is 2.50. The van der Waals surface area contributed by atoms with E-state index in [1.165, 1.54) is 12.3 Å². The Bertz CT molecular complexity index is 1730. The number of hydrogen-bond donors (Lipinski definition) is 1. The Morgan fingerprint density at radius 2 is 1.95 bits per heavy atom. The number of aromatic nitrogens is 3. The molecule has 10 nitrogen and oxygen atoms in total. The first-order valence-electron chi connectivity index (χ1n) is 14.7. The monoisotopic (exact) mass is 622 g/mol. The van der Waals surface area contributed by atoms with Crippen LogP contribution in [0.5, 0.6) is 11.5 Å². The van der Waals surface area contributed by atoms with E-state index in [2.05, 4.69) is 20.5 Å². The molecule has 3 aliphatic heterocycles. The van der Waals surface area contributed by atoms with Gasteiger partial charge in [0.25, 0.3) is 5.79 Å². The minimum Gasteiger partial charge on any atom is -0.474 e. The lowest BCUT2D eigenvalue weighted by atomic mass is 9.88. The highest BCUT2D eigenvalue weighted by atomic mass is 35.5. The molecule has 0 saturated carbocycles. The number of ether oxygens (including phenoxy) is 3. The molecule has 2 saturated heterocycles. The largest absolute Gasteiger partial charge is 0.474 e. The van der Waals surface area contributed by atoms with Gasteiger partial charge in [-0.25, -0.2) is 19.2 Å². The number of hydrogen-bond acceptors (Lipinski definition) is 8. The Kier molecular flexibility index (Phi) is 7.34. The molecule has 5 heterocycles. The Balaban J connectivity index is 1.08. The molecule has 12 heteroatoms. The van der Waals surface area contributed by atoms with Crippen LogP contribution in [0.15, 0.2) is 47.1 Å². The lowest BCUT2D eigenvalue weighted by Crippen LogP contribution is -2.35. The number of oxazole rings is 1. The predicted octanol–water partition coefficient (Wildman–Crippen LogP) is 6.15. The van der Waals surface area contributed by atoms with E-state index in [1.54, 1.807) is 19.1 Å². The fourth-order valence-electron chi connectivity index (χ4n) is 6.42. The van der Waals surface area contributed by atoms with Crippen LogP contribution >= 0.6 is 11.6 Å². The summed E-state index contributed by atoms with van der Waals surface area (Å²) >= 11 is 5.97. The second-order valence-corrected chi connectivity index (χ2v) is 12.1. The molecule has 0 aliphatic carbocycles. The summed E-state index contributed by atoms with van der Waals surface area (Å²) in [5.74, 6) is -0.953. The van der Waals surface area contributed by atoms with Crippen LogP contribution in [0, 0.1) is 12.7 Å². The van der Waals surface area contributed by atoms with Gasteiger partial charge in [0.2, 0.25) is 0 Å². The summed E-state index contributed by atoms with van der Waals surface area (Å²) in [5, 5.41) is 9.62. The summed E-state index contributed by atoms with van der Waals surface area (Å²) in [6.45, 7) is 7.27. The van der Waals surface area contributed by atoms with Crippen LogP contribution in [0.2, 0.25) is 5.02 Å². The zero-order valence-corrected chi connectivity index (χ0v) is 25.1. The molecule has 44 heavy (non-hydrogen) atoms. The van der Waals surface area contributed by atoms with Crippen LogP contribution in [-0.4, -0.2) is 56.3 Å². The number of imidazole rings is 1. The van der Waals surface area contributed by atoms with Crippen molar-refractivity contribution in [3.05, 3.63) is 82.0 Å². The zero-order chi connectivity index (χ0) is 30.6. The Morgan fingerprint density at radius 3 is 2.64 bits per heavy atom. The first-order chi connectivity index (χ1) is 21.2. The van der Waals surface area contributed by atoms with Crippen molar-refractivity contribution in [3.8, 4) is 22.9 Å². The molecule has 0 spiro atoms. The van der Waals surface area contributed by atoms with Crippen LogP contribution in [0.4, 0.5) is 4.39 Å². The van der Waals surface area contributed by atoms with Crippen molar-refractivity contribution in [3.63, 3.8) is 0 Å². The molecule has 0 amide bonds. The maximum absolute atomic E-state index is 14.8. The predicted molar refractivity (Wildman–Crippen MR) is 157 cm³/mol. The summed E-state index contributed by atoms with van der Waals surface area (Å²) in [6.07, 6.45) is 4.20. The van der Waals surface area contributed by atoms with E-state index in [9.17, 15) is 14.3 Å². The average molecular weight is 623 g/mol. The molecule has 2 fully saturated rings. The first-order valence-corrected chi connectivity index (χ1v) is 15.1. The van der Waals surface area contributed by atoms with Gasteiger partial charge in [-0.3, -0.25) is 4.90 Å². The van der Waals surface area contributed by atoms with Crippen molar-refractivity contribution in [2.24, 2.45) is 0 Å². The third-order valence-electron chi connectivity index (χ3n) is 8.75. The number of para-hydroxylation sites is 1. The van der Waals surface area contributed by atoms with Crippen molar-refractivity contribution in [2.45, 2.75) is 64.0 Å². The van der Waals surface area contributed by atoms with Gasteiger partial charge in [-0.1, -0.05) is 23.7 Å². The normalized spacial score (nSPS) is 21.9. The van der Waals surface area contributed by atoms with Gasteiger partial charge in [0.1, 0.15) is 23.6 Å². The van der Waals surface area contributed by atoms with E-state index in [4.69, 9.17) is 35.2 Å². The van der Waals surface area contributed by atoms with Gasteiger partial charge in [-0.05, 0) is 69.5 Å². The van der Waals surface area contributed by atoms with E-state index in [1.807, 2.05) is 19.1 Å². The number of likely N-dealkylation sites (tertiary alicyclic amines) is 1. The molecule has 2 atom stereocenters. The molecule has 2 unspecified atom stereocenters. The Morgan fingerprint density at radius 1 is 1.16 bits per heavy atom. The standard InChI is InChI=1S/C32H32ClFN4O6/c1-18-28(25-17-42-30(36-25)31(39)40)38(15-21-10-13-41-21)27(35-18)16-37-11-8-19(9-12-37)22-4-3-5-26-29(22)44-32(2,43-26)23-7-6-20(33)14-24(23)34/h3-7,14,17,19,21H,8-13,15-16H2,1-2H3,(H,39,40). The lowest BCUT2D eigenvalue weighted by molar-refractivity contribution is -0.0712. The van der Waals surface area contributed by atoms with Crippen LogP contribution in [0.25, 0.3) is 11.4 Å². The molecule has 4 aromatic rings. The van der Waals surface area contributed by atoms with Crippen LogP contribution < -0.4 is 9.47 Å². The summed E-state index contributed by atoms with van der Waals surface area (Å²) < 4.78 is 40.4. The number of rotatable bonds is 8. The molecular weight excluding hydrogens is 591 g/mol. The number of carboxylic acids is 1. The third-order valence-corrected chi connectivity index (χ3v) is 8.99. The average Bonchev–Trinajstić information content (AvgIpc) is 3.66. The minimum atomic E-state index is -1.29. The number of fused-ring (bicyclic) bond motifs is 1. The number of aryl methyl sites for hydroxylation is 1. The zero-order valence-electron chi connectivity index (χ0n) is 24.4. The highest BCUT2D eigenvalue weighted by Gasteiger charge is 2.43. The Labute approximate surface area is 258 Å². The van der Waals surface area contributed by atoms with E-state index in [0.29, 0.717) is 40.9 Å². The molecule has 2 aromatic carbocycles. The van der Waals surface area contributed by atoms with Crippen molar-refractivity contribution < 1.29 is 32.9 Å². The Hall–Kier alpha value is -3.93. The number of aromatic carboxylic acids is 1. The molecule has 0 radical (unpaired) electrons. The topological polar surface area (TPSA) is 112 Å². The van der Waals surface area contributed by atoms with E-state index in [-0.39, 0.29) is 17.9 Å². The lowest BCUT2D eigenvalue weighted by Gasteiger charge is -2.33. The maximum Gasteiger partial charge on any atom is 0.392 e. The smallest absolute Gasteiger partial charge is 0.392 e. The van der Waals surface area contributed by atoms with Crippen LogP contribution in [-0.2, 0) is 23.6 Å². The molecule has 1 N–H and O–H groups in total. The number of benzene rings is 2. The van der Waals surface area contributed by atoms with Crippen molar-refractivity contribution in [1.82, 2.24) is 19.4 Å². The van der Waals surface area contributed by atoms with Gasteiger partial charge in [0, 0.05) is 24.1 Å². The quantitative estimate of drug-likeness (QED) is 0.247. The van der Waals surface area contributed by atoms with E-state index < -0.39 is 17.6 Å². The summed E-state index contributed by atoms with van der Waals surface area (Å²) in [5.41, 5.74) is 3.31. The van der Waals surface area contributed by atoms with Gasteiger partial charge < -0.3 is 28.3 Å². The minimum absolute atomic E-state index is 0.0760. The third kappa shape index (κ3) is 5.22. The number of carbonyl (C=O) groups is 1. The SMILES string of the molecule is Cc1nc(CN2CCC(c3cccc4c3OC(C)(c3ccc(Cl)cc3F)O4)CC2)n(CC2CCO2)c1-c1coc(C(=O)O)n1. The van der Waals surface area contributed by atoms with Crippen molar-refractivity contribution in [2.75, 3.05) is 19.7 Å². The number of nitrogens with zero attached hydrogens (tertiary/aromatic N) is 4. The molecule has 2 aromatic heterocycles. The van der Waals surface area contributed by atoms with Gasteiger partial charge in [-0.15, -0.1) is 0 Å². The fourth-order valence-corrected chi connectivity index (χ4v) is 6.58. The fraction of sp³-hybridized carbons (Fsp3) is 0.406. The number of piperidine rings is 1. The molecule has 0 bridgehead atoms. The molecular formula is C32H32ClFN4O6. The van der Waals surface area contributed by atoms with Crippen molar-refractivity contribution in [1.29, 1.82) is 0 Å². The molecule has 7 rings (SSSR count). The summed E-state index contributed by atoms with van der Waals surface area (Å²) in [6, 6.07) is 10.4. The maximum atomic E-state index is 14.8. The summed E-state index contributed by atoms with van der Waals surface area (Å²) in [4.78, 5) is 22.8. The number of halogens is 2. The highest BCUT2D eigenvalue weighted by molar-refractivity contribution is 6.30. The van der Waals surface area contributed by atoms with Gasteiger partial charge in [0.15, 0.2) is 11.5 Å². The molecule has 3 aliphatic rings.